The maximum atomic E-state index is 11.5. The summed E-state index contributed by atoms with van der Waals surface area (Å²) in [5, 5.41) is 15.0. The van der Waals surface area contributed by atoms with E-state index in [0.717, 1.165) is 11.8 Å². The van der Waals surface area contributed by atoms with E-state index in [4.69, 9.17) is 9.84 Å². The molecule has 0 bridgehead atoms. The quantitative estimate of drug-likeness (QED) is 0.709. The third-order valence-electron chi connectivity index (χ3n) is 2.14. The molecule has 0 saturated carbocycles. The Balaban J connectivity index is 2.87. The van der Waals surface area contributed by atoms with Crippen LogP contribution in [0.2, 0.25) is 0 Å². The summed E-state index contributed by atoms with van der Waals surface area (Å²) in [6.07, 6.45) is 0. The average Bonchev–Trinajstić information content (AvgIpc) is 2.57. The van der Waals surface area contributed by atoms with E-state index in [-0.39, 0.29) is 11.4 Å². The van der Waals surface area contributed by atoms with Gasteiger partial charge in [0.15, 0.2) is 5.16 Å². The summed E-state index contributed by atoms with van der Waals surface area (Å²) >= 11 is 0.993. The maximum absolute atomic E-state index is 11.5. The third-order valence-corrected chi connectivity index (χ3v) is 3.10. The van der Waals surface area contributed by atoms with Crippen LogP contribution in [0, 0.1) is 0 Å². The Morgan fingerprint density at radius 2 is 2.29 bits per heavy atom. The molecule has 1 heterocycles. The van der Waals surface area contributed by atoms with Gasteiger partial charge in [-0.2, -0.15) is 0 Å². The van der Waals surface area contributed by atoms with Crippen molar-refractivity contribution in [2.75, 3.05) is 12.9 Å². The van der Waals surface area contributed by atoms with Crippen LogP contribution in [-0.4, -0.2) is 44.3 Å². The van der Waals surface area contributed by atoms with Crippen LogP contribution in [0.1, 0.15) is 13.8 Å². The normalized spacial score (nSPS) is 11.7. The second-order valence-electron chi connectivity index (χ2n) is 4.04. The summed E-state index contributed by atoms with van der Waals surface area (Å²) in [5.41, 5.74) is -0.894. The van der Waals surface area contributed by atoms with E-state index >= 15 is 0 Å². The van der Waals surface area contributed by atoms with Gasteiger partial charge < -0.3 is 9.84 Å². The molecular formula is C9H15N3O4S. The van der Waals surface area contributed by atoms with Crippen LogP contribution in [-0.2, 0) is 16.1 Å². The fourth-order valence-electron chi connectivity index (χ4n) is 1.12. The summed E-state index contributed by atoms with van der Waals surface area (Å²) in [6.45, 7) is 3.97. The molecule has 2 N–H and O–H groups in total. The highest BCUT2D eigenvalue weighted by Gasteiger charge is 2.21. The molecule has 8 heteroatoms. The molecule has 7 nitrogen and oxygen atoms in total. The van der Waals surface area contributed by atoms with Gasteiger partial charge in [-0.3, -0.25) is 9.36 Å². The van der Waals surface area contributed by atoms with Crippen molar-refractivity contribution in [1.82, 2.24) is 14.8 Å². The van der Waals surface area contributed by atoms with Gasteiger partial charge in [-0.25, -0.2) is 9.89 Å². The highest BCUT2D eigenvalue weighted by Crippen LogP contribution is 2.16. The number of carbonyl (C=O) groups is 1. The molecule has 0 saturated heterocycles. The van der Waals surface area contributed by atoms with Crippen LogP contribution in [0.25, 0.3) is 0 Å². The predicted molar refractivity (Wildman–Crippen MR) is 62.3 cm³/mol. The van der Waals surface area contributed by atoms with Gasteiger partial charge >= 0.3 is 11.7 Å². The molecule has 0 aliphatic rings. The summed E-state index contributed by atoms with van der Waals surface area (Å²) in [6, 6.07) is 0. The first-order valence-electron chi connectivity index (χ1n) is 4.90. The standard InChI is InChI=1S/C9H15N3O4S/c1-9(2,16-3)5-12-7(15)10-11-8(12)17-4-6(13)14/h4-5H2,1-3H3,(H,10,15)(H,13,14). The number of methoxy groups -OCH3 is 1. The first-order chi connectivity index (χ1) is 7.85. The third kappa shape index (κ3) is 3.90. The van der Waals surface area contributed by atoms with E-state index in [1.165, 1.54) is 4.57 Å². The van der Waals surface area contributed by atoms with Gasteiger partial charge in [0.1, 0.15) is 0 Å². The number of carboxylic acid groups (broad SMARTS) is 1. The van der Waals surface area contributed by atoms with Crippen molar-refractivity contribution in [3.8, 4) is 0 Å². The Hall–Kier alpha value is -1.28. The molecule has 0 aliphatic heterocycles. The average molecular weight is 261 g/mol. The second kappa shape index (κ2) is 5.37. The van der Waals surface area contributed by atoms with Gasteiger partial charge in [0, 0.05) is 7.11 Å². The Kier molecular flexibility index (Phi) is 4.35. The lowest BCUT2D eigenvalue weighted by Crippen LogP contribution is -2.33. The molecule has 0 fully saturated rings. The zero-order chi connectivity index (χ0) is 13.1. The zero-order valence-electron chi connectivity index (χ0n) is 9.89. The van der Waals surface area contributed by atoms with Crippen LogP contribution in [0.4, 0.5) is 0 Å². The first-order valence-corrected chi connectivity index (χ1v) is 5.89. The number of ether oxygens (including phenoxy) is 1. The summed E-state index contributed by atoms with van der Waals surface area (Å²) in [7, 11) is 1.55. The summed E-state index contributed by atoms with van der Waals surface area (Å²) < 4.78 is 6.59. The van der Waals surface area contributed by atoms with Gasteiger partial charge in [-0.1, -0.05) is 11.8 Å². The number of H-pyrrole nitrogens is 1. The number of rotatable bonds is 6. The number of aliphatic carboxylic acids is 1. The molecule has 1 aromatic heterocycles. The van der Waals surface area contributed by atoms with E-state index in [1.54, 1.807) is 7.11 Å². The molecule has 0 radical (unpaired) electrons. The van der Waals surface area contributed by atoms with E-state index < -0.39 is 11.6 Å². The number of carboxylic acids is 1. The van der Waals surface area contributed by atoms with Gasteiger partial charge in [0.25, 0.3) is 0 Å². The summed E-state index contributed by atoms with van der Waals surface area (Å²) in [5.74, 6) is -1.10. The number of aromatic nitrogens is 3. The number of nitrogens with one attached hydrogen (secondary N) is 1. The zero-order valence-corrected chi connectivity index (χ0v) is 10.7. The Labute approximate surface area is 102 Å². The molecule has 0 aliphatic carbocycles. The molecule has 0 aromatic carbocycles. The van der Waals surface area contributed by atoms with E-state index in [1.807, 2.05) is 13.8 Å². The highest BCUT2D eigenvalue weighted by atomic mass is 32.2. The van der Waals surface area contributed by atoms with Crippen molar-refractivity contribution in [3.63, 3.8) is 0 Å². The fraction of sp³-hybridized carbons (Fsp3) is 0.667. The van der Waals surface area contributed by atoms with Crippen molar-refractivity contribution in [1.29, 1.82) is 0 Å². The van der Waals surface area contributed by atoms with Crippen molar-refractivity contribution < 1.29 is 14.6 Å². The predicted octanol–water partition coefficient (Wildman–Crippen LogP) is 0.173. The molecule has 0 amide bonds. The summed E-state index contributed by atoms with van der Waals surface area (Å²) in [4.78, 5) is 22.0. The largest absolute Gasteiger partial charge is 0.481 e. The number of hydrogen-bond donors (Lipinski definition) is 2. The number of thioether (sulfide) groups is 1. The number of nitrogens with zero attached hydrogens (tertiary/aromatic N) is 2. The number of aromatic amines is 1. The van der Waals surface area contributed by atoms with Crippen molar-refractivity contribution in [2.45, 2.75) is 31.1 Å². The number of hydrogen-bond acceptors (Lipinski definition) is 5. The topological polar surface area (TPSA) is 97.2 Å². The van der Waals surface area contributed by atoms with Gasteiger partial charge in [-0.15, -0.1) is 5.10 Å². The lowest BCUT2D eigenvalue weighted by Gasteiger charge is -2.23. The van der Waals surface area contributed by atoms with E-state index in [2.05, 4.69) is 10.2 Å². The Bertz CT molecular complexity index is 451. The monoisotopic (exact) mass is 261 g/mol. The first kappa shape index (κ1) is 13.8. The minimum atomic E-state index is -0.956. The lowest BCUT2D eigenvalue weighted by molar-refractivity contribution is -0.133. The molecule has 96 valence electrons. The van der Waals surface area contributed by atoms with Gasteiger partial charge in [0.2, 0.25) is 0 Å². The second-order valence-corrected chi connectivity index (χ2v) is 4.99. The molecule has 0 atom stereocenters. The van der Waals surface area contributed by atoms with Crippen LogP contribution in [0.5, 0.6) is 0 Å². The highest BCUT2D eigenvalue weighted by molar-refractivity contribution is 7.99. The van der Waals surface area contributed by atoms with Crippen molar-refractivity contribution >= 4 is 17.7 Å². The lowest BCUT2D eigenvalue weighted by atomic mass is 10.1. The van der Waals surface area contributed by atoms with Crippen LogP contribution >= 0.6 is 11.8 Å². The van der Waals surface area contributed by atoms with Crippen LogP contribution in [0.3, 0.4) is 0 Å². The molecular weight excluding hydrogens is 246 g/mol. The Morgan fingerprint density at radius 3 is 2.82 bits per heavy atom. The molecule has 17 heavy (non-hydrogen) atoms. The minimum Gasteiger partial charge on any atom is -0.481 e. The van der Waals surface area contributed by atoms with E-state index in [0.29, 0.717) is 11.7 Å². The van der Waals surface area contributed by atoms with Crippen LogP contribution < -0.4 is 5.69 Å². The SMILES string of the molecule is COC(C)(C)Cn1c(SCC(=O)O)n[nH]c1=O. The van der Waals surface area contributed by atoms with E-state index in [9.17, 15) is 9.59 Å². The van der Waals surface area contributed by atoms with Gasteiger partial charge in [0.05, 0.1) is 17.9 Å². The molecule has 1 rings (SSSR count). The van der Waals surface area contributed by atoms with Crippen LogP contribution in [0.15, 0.2) is 9.95 Å². The maximum Gasteiger partial charge on any atom is 0.344 e. The molecule has 0 unspecified atom stereocenters. The molecule has 0 spiro atoms. The fourth-order valence-corrected chi connectivity index (χ4v) is 1.79. The van der Waals surface area contributed by atoms with Crippen molar-refractivity contribution in [2.24, 2.45) is 0 Å². The minimum absolute atomic E-state index is 0.141. The Morgan fingerprint density at radius 1 is 1.65 bits per heavy atom. The smallest absolute Gasteiger partial charge is 0.344 e. The van der Waals surface area contributed by atoms with Gasteiger partial charge in [-0.05, 0) is 13.8 Å². The van der Waals surface area contributed by atoms with Crippen molar-refractivity contribution in [3.05, 3.63) is 10.5 Å². The molecule has 1 aromatic rings.